The normalized spacial score (nSPS) is 21.2. The Bertz CT molecular complexity index is 716. The van der Waals surface area contributed by atoms with Crippen LogP contribution in [0.1, 0.15) is 29.9 Å². The Kier molecular flexibility index (Phi) is 4.75. The summed E-state index contributed by atoms with van der Waals surface area (Å²) >= 11 is 0. The summed E-state index contributed by atoms with van der Waals surface area (Å²) in [6, 6.07) is 19.5. The molecule has 1 fully saturated rings. The molecule has 0 aliphatic carbocycles. The topological polar surface area (TPSA) is 49.3 Å². The fraction of sp³-hybridized carbons (Fsp3) is 0.250. The van der Waals surface area contributed by atoms with Crippen LogP contribution in [0.25, 0.3) is 0 Å². The van der Waals surface area contributed by atoms with Crippen molar-refractivity contribution in [2.24, 2.45) is 0 Å². The smallest absolute Gasteiger partial charge is 0.220 e. The van der Waals surface area contributed by atoms with Crippen LogP contribution in [0.5, 0.6) is 0 Å². The van der Waals surface area contributed by atoms with Crippen LogP contribution in [0.3, 0.4) is 0 Å². The van der Waals surface area contributed by atoms with Gasteiger partial charge in [0.25, 0.3) is 0 Å². The zero-order valence-corrected chi connectivity index (χ0v) is 12.8. The Morgan fingerprint density at radius 2 is 1.74 bits per heavy atom. The molecule has 3 nitrogen and oxygen atoms in total. The number of hydrogen-bond acceptors (Lipinski definition) is 2. The highest BCUT2D eigenvalue weighted by atomic mass is 16.3. The van der Waals surface area contributed by atoms with E-state index in [-0.39, 0.29) is 17.9 Å². The molecule has 0 bridgehead atoms. The average Bonchev–Trinajstić information content (AvgIpc) is 2.95. The van der Waals surface area contributed by atoms with E-state index in [0.29, 0.717) is 12.8 Å². The van der Waals surface area contributed by atoms with Crippen molar-refractivity contribution in [3.05, 3.63) is 71.8 Å². The second kappa shape index (κ2) is 7.13. The zero-order chi connectivity index (χ0) is 16.1. The SMILES string of the molecule is O=C1C[C@H](c2ccccc2)[C@@H](C[C@@H](O)C#Cc2ccccc2)N1. The molecule has 3 heteroatoms. The summed E-state index contributed by atoms with van der Waals surface area (Å²) in [5.74, 6) is 5.97. The van der Waals surface area contributed by atoms with Crippen LogP contribution >= 0.6 is 0 Å². The van der Waals surface area contributed by atoms with Crippen LogP contribution in [-0.4, -0.2) is 23.2 Å². The van der Waals surface area contributed by atoms with Gasteiger partial charge in [0.15, 0.2) is 0 Å². The molecule has 2 aromatic rings. The largest absolute Gasteiger partial charge is 0.380 e. The maximum absolute atomic E-state index is 11.8. The van der Waals surface area contributed by atoms with Crippen LogP contribution < -0.4 is 5.32 Å². The number of amides is 1. The fourth-order valence-electron chi connectivity index (χ4n) is 2.97. The first kappa shape index (κ1) is 15.3. The van der Waals surface area contributed by atoms with Crippen LogP contribution in [0.2, 0.25) is 0 Å². The molecule has 1 aliphatic rings. The predicted octanol–water partition coefficient (Wildman–Crippen LogP) is 2.46. The van der Waals surface area contributed by atoms with Crippen molar-refractivity contribution in [2.75, 3.05) is 0 Å². The molecule has 1 saturated heterocycles. The second-order valence-electron chi connectivity index (χ2n) is 5.78. The van der Waals surface area contributed by atoms with Gasteiger partial charge in [0.1, 0.15) is 6.10 Å². The van der Waals surface area contributed by atoms with E-state index in [9.17, 15) is 9.90 Å². The van der Waals surface area contributed by atoms with Gasteiger partial charge in [-0.25, -0.2) is 0 Å². The monoisotopic (exact) mass is 305 g/mol. The fourth-order valence-corrected chi connectivity index (χ4v) is 2.97. The van der Waals surface area contributed by atoms with Crippen molar-refractivity contribution in [2.45, 2.75) is 30.9 Å². The molecule has 1 amide bonds. The Balaban J connectivity index is 1.68. The molecule has 23 heavy (non-hydrogen) atoms. The third-order valence-corrected chi connectivity index (χ3v) is 4.10. The van der Waals surface area contributed by atoms with Gasteiger partial charge in [0.2, 0.25) is 5.91 Å². The summed E-state index contributed by atoms with van der Waals surface area (Å²) in [6.45, 7) is 0. The molecule has 0 saturated carbocycles. The van der Waals surface area contributed by atoms with Gasteiger partial charge in [-0.05, 0) is 17.7 Å². The molecule has 2 aromatic carbocycles. The summed E-state index contributed by atoms with van der Waals surface area (Å²) in [5.41, 5.74) is 2.00. The summed E-state index contributed by atoms with van der Waals surface area (Å²) in [6.07, 6.45) is 0.142. The van der Waals surface area contributed by atoms with Crippen LogP contribution in [0, 0.1) is 11.8 Å². The van der Waals surface area contributed by atoms with E-state index in [2.05, 4.69) is 17.2 Å². The summed E-state index contributed by atoms with van der Waals surface area (Å²) < 4.78 is 0. The van der Waals surface area contributed by atoms with Gasteiger partial charge in [-0.15, -0.1) is 0 Å². The molecule has 1 aliphatic heterocycles. The van der Waals surface area contributed by atoms with Crippen LogP contribution in [0.15, 0.2) is 60.7 Å². The summed E-state index contributed by atoms with van der Waals surface area (Å²) in [4.78, 5) is 11.8. The Hall–Kier alpha value is -2.57. The molecule has 2 N–H and O–H groups in total. The minimum absolute atomic E-state index is 0.0343. The standard InChI is InChI=1S/C20H19NO2/c22-17(12-11-15-7-3-1-4-8-15)13-19-18(14-20(23)21-19)16-9-5-2-6-10-16/h1-10,17-19,22H,13-14H2,(H,21,23)/t17-,18+,19+/m0/s1. The van der Waals surface area contributed by atoms with Gasteiger partial charge in [0, 0.05) is 30.4 Å². The zero-order valence-electron chi connectivity index (χ0n) is 12.8. The van der Waals surface area contributed by atoms with Crippen molar-refractivity contribution in [3.63, 3.8) is 0 Å². The van der Waals surface area contributed by atoms with E-state index in [1.165, 1.54) is 0 Å². The lowest BCUT2D eigenvalue weighted by molar-refractivity contribution is -0.119. The molecule has 0 unspecified atom stereocenters. The first-order chi connectivity index (χ1) is 11.2. The van der Waals surface area contributed by atoms with E-state index < -0.39 is 6.10 Å². The second-order valence-corrected chi connectivity index (χ2v) is 5.78. The predicted molar refractivity (Wildman–Crippen MR) is 89.7 cm³/mol. The van der Waals surface area contributed by atoms with E-state index in [0.717, 1.165) is 11.1 Å². The van der Waals surface area contributed by atoms with Gasteiger partial charge < -0.3 is 10.4 Å². The van der Waals surface area contributed by atoms with Gasteiger partial charge in [-0.2, -0.15) is 0 Å². The maximum atomic E-state index is 11.8. The van der Waals surface area contributed by atoms with E-state index >= 15 is 0 Å². The molecule has 0 aromatic heterocycles. The van der Waals surface area contributed by atoms with Crippen molar-refractivity contribution in [1.82, 2.24) is 5.32 Å². The van der Waals surface area contributed by atoms with Crippen molar-refractivity contribution in [3.8, 4) is 11.8 Å². The number of rotatable bonds is 3. The number of hydrogen-bond donors (Lipinski definition) is 2. The average molecular weight is 305 g/mol. The third-order valence-electron chi connectivity index (χ3n) is 4.10. The van der Waals surface area contributed by atoms with Crippen molar-refractivity contribution in [1.29, 1.82) is 0 Å². The van der Waals surface area contributed by atoms with Crippen molar-refractivity contribution >= 4 is 5.91 Å². The molecule has 0 radical (unpaired) electrons. The Morgan fingerprint density at radius 3 is 2.43 bits per heavy atom. The number of nitrogens with one attached hydrogen (secondary N) is 1. The lowest BCUT2D eigenvalue weighted by Crippen LogP contribution is -2.31. The lowest BCUT2D eigenvalue weighted by atomic mass is 9.89. The third kappa shape index (κ3) is 4.00. The highest BCUT2D eigenvalue weighted by Gasteiger charge is 2.34. The summed E-state index contributed by atoms with van der Waals surface area (Å²) in [5, 5.41) is 13.2. The quantitative estimate of drug-likeness (QED) is 0.856. The highest BCUT2D eigenvalue weighted by Crippen LogP contribution is 2.30. The number of aliphatic hydroxyl groups is 1. The molecular formula is C20H19NO2. The Labute approximate surface area is 136 Å². The highest BCUT2D eigenvalue weighted by molar-refractivity contribution is 5.80. The van der Waals surface area contributed by atoms with Gasteiger partial charge in [-0.3, -0.25) is 4.79 Å². The van der Waals surface area contributed by atoms with Gasteiger partial charge in [0.05, 0.1) is 0 Å². The first-order valence-electron chi connectivity index (χ1n) is 7.81. The number of carbonyl (C=O) groups is 1. The van der Waals surface area contributed by atoms with E-state index in [1.54, 1.807) is 0 Å². The summed E-state index contributed by atoms with van der Waals surface area (Å²) in [7, 11) is 0. The van der Waals surface area contributed by atoms with Crippen LogP contribution in [-0.2, 0) is 4.79 Å². The van der Waals surface area contributed by atoms with Gasteiger partial charge in [-0.1, -0.05) is 60.4 Å². The van der Waals surface area contributed by atoms with Gasteiger partial charge >= 0.3 is 0 Å². The Morgan fingerprint density at radius 1 is 1.09 bits per heavy atom. The molecule has 116 valence electrons. The number of aliphatic hydroxyl groups excluding tert-OH is 1. The van der Waals surface area contributed by atoms with Crippen molar-refractivity contribution < 1.29 is 9.90 Å². The molecular weight excluding hydrogens is 286 g/mol. The van der Waals surface area contributed by atoms with Crippen LogP contribution in [0.4, 0.5) is 0 Å². The number of benzene rings is 2. The minimum atomic E-state index is -0.759. The molecule has 3 atom stereocenters. The molecule has 1 heterocycles. The lowest BCUT2D eigenvalue weighted by Gasteiger charge is -2.20. The van der Waals surface area contributed by atoms with E-state index in [4.69, 9.17) is 0 Å². The number of carbonyl (C=O) groups excluding carboxylic acids is 1. The minimum Gasteiger partial charge on any atom is -0.380 e. The maximum Gasteiger partial charge on any atom is 0.220 e. The molecule has 3 rings (SSSR count). The van der Waals surface area contributed by atoms with E-state index in [1.807, 2.05) is 60.7 Å². The first-order valence-corrected chi connectivity index (χ1v) is 7.81. The molecule has 0 spiro atoms.